The first-order chi connectivity index (χ1) is 13.1. The molecule has 0 bridgehead atoms. The molecule has 2 aliphatic rings. The molecule has 5 nitrogen and oxygen atoms in total. The highest BCUT2D eigenvalue weighted by Gasteiger charge is 2.37. The van der Waals surface area contributed by atoms with E-state index in [0.29, 0.717) is 19.0 Å². The van der Waals surface area contributed by atoms with E-state index in [1.165, 1.54) is 23.5 Å². The Balaban J connectivity index is 1.29. The third-order valence-electron chi connectivity index (χ3n) is 4.81. The van der Waals surface area contributed by atoms with Crippen LogP contribution in [-0.2, 0) is 16.0 Å². The minimum Gasteiger partial charge on any atom is -0.486 e. The van der Waals surface area contributed by atoms with Gasteiger partial charge in [-0.2, -0.15) is 0 Å². The first kappa shape index (κ1) is 18.6. The number of carbonyl (C=O) groups excluding carboxylic acids is 1. The predicted molar refractivity (Wildman–Crippen MR) is 99.9 cm³/mol. The van der Waals surface area contributed by atoms with E-state index in [2.05, 4.69) is 4.90 Å². The number of likely N-dealkylation sites (tertiary alicyclic amines) is 1. The molecular weight excluding hydrogens is 369 g/mol. The van der Waals surface area contributed by atoms with E-state index >= 15 is 0 Å². The Hall–Kier alpha value is -1.80. The number of nitrogens with zero attached hydrogens (tertiary/aromatic N) is 1. The van der Waals surface area contributed by atoms with E-state index in [4.69, 9.17) is 14.2 Å². The van der Waals surface area contributed by atoms with Gasteiger partial charge < -0.3 is 14.2 Å². The molecule has 0 N–H and O–H groups in total. The Morgan fingerprint density at radius 1 is 1.22 bits per heavy atom. The van der Waals surface area contributed by atoms with Crippen LogP contribution in [0.2, 0.25) is 0 Å². The maximum absolute atomic E-state index is 13.0. The van der Waals surface area contributed by atoms with Crippen molar-refractivity contribution in [2.24, 2.45) is 0 Å². The molecule has 0 aliphatic carbocycles. The molecule has 3 heterocycles. The molecule has 0 spiro atoms. The largest absolute Gasteiger partial charge is 0.486 e. The van der Waals surface area contributed by atoms with Crippen molar-refractivity contribution in [3.8, 4) is 5.75 Å². The molecule has 2 aliphatic heterocycles. The fourth-order valence-corrected chi connectivity index (χ4v) is 4.26. The molecule has 7 heteroatoms. The summed E-state index contributed by atoms with van der Waals surface area (Å²) in [6, 6.07) is 7.94. The van der Waals surface area contributed by atoms with Gasteiger partial charge in [0.2, 0.25) is 0 Å². The van der Waals surface area contributed by atoms with Gasteiger partial charge in [-0.1, -0.05) is 0 Å². The molecule has 0 unspecified atom stereocenters. The molecule has 27 heavy (non-hydrogen) atoms. The summed E-state index contributed by atoms with van der Waals surface area (Å²) in [6.45, 7) is 4.85. The van der Waals surface area contributed by atoms with Gasteiger partial charge in [0.15, 0.2) is 5.78 Å². The summed E-state index contributed by atoms with van der Waals surface area (Å²) in [5.74, 6) is 0.434. The van der Waals surface area contributed by atoms with Crippen LogP contribution in [0.3, 0.4) is 0 Å². The van der Waals surface area contributed by atoms with Gasteiger partial charge in [-0.25, -0.2) is 4.39 Å². The number of rotatable bonds is 5. The van der Waals surface area contributed by atoms with E-state index in [-0.39, 0.29) is 29.9 Å². The number of thiophene rings is 1. The molecule has 0 amide bonds. The molecule has 2 fully saturated rings. The average molecular weight is 391 g/mol. The summed E-state index contributed by atoms with van der Waals surface area (Å²) in [7, 11) is 0. The lowest BCUT2D eigenvalue weighted by atomic mass is 10.2. The highest BCUT2D eigenvalue weighted by molar-refractivity contribution is 7.12. The number of ether oxygens (including phenoxy) is 3. The monoisotopic (exact) mass is 391 g/mol. The quantitative estimate of drug-likeness (QED) is 0.733. The minimum absolute atomic E-state index is 0.0118. The minimum atomic E-state index is -0.286. The molecule has 2 atom stereocenters. The number of benzene rings is 1. The highest BCUT2D eigenvalue weighted by Crippen LogP contribution is 2.25. The summed E-state index contributed by atoms with van der Waals surface area (Å²) in [5.41, 5.74) is 1.15. The van der Waals surface area contributed by atoms with E-state index in [9.17, 15) is 9.18 Å². The van der Waals surface area contributed by atoms with Crippen LogP contribution in [0.15, 0.2) is 35.7 Å². The number of hydrogen-bond acceptors (Lipinski definition) is 6. The molecule has 144 valence electrons. The highest BCUT2D eigenvalue weighted by atomic mass is 32.1. The zero-order valence-corrected chi connectivity index (χ0v) is 15.9. The number of ketones is 1. The van der Waals surface area contributed by atoms with Crippen LogP contribution >= 0.6 is 11.3 Å². The SMILES string of the molecule is CC(=O)c1cc(CN2C[C@@H]3OCC(Oc4ccc(F)cc4)CO[C@H]3C2)cs1. The van der Waals surface area contributed by atoms with Gasteiger partial charge in [0.1, 0.15) is 17.7 Å². The second-order valence-corrected chi connectivity index (χ2v) is 7.92. The zero-order valence-electron chi connectivity index (χ0n) is 15.1. The molecule has 1 aromatic heterocycles. The summed E-state index contributed by atoms with van der Waals surface area (Å²) in [6.07, 6.45) is -0.181. The molecule has 0 saturated carbocycles. The average Bonchev–Trinajstić information content (AvgIpc) is 3.22. The molecule has 4 rings (SSSR count). The van der Waals surface area contributed by atoms with Gasteiger partial charge in [0, 0.05) is 19.6 Å². The van der Waals surface area contributed by atoms with Crippen molar-refractivity contribution in [1.82, 2.24) is 4.90 Å². The summed E-state index contributed by atoms with van der Waals surface area (Å²) in [4.78, 5) is 14.5. The van der Waals surface area contributed by atoms with E-state index in [1.54, 1.807) is 19.1 Å². The van der Waals surface area contributed by atoms with Gasteiger partial charge in [-0.3, -0.25) is 9.69 Å². The number of Topliss-reactive ketones (excluding diaryl/α,β-unsaturated/α-hetero) is 1. The fourth-order valence-electron chi connectivity index (χ4n) is 3.45. The molecule has 1 aromatic carbocycles. The maximum atomic E-state index is 13.0. The van der Waals surface area contributed by atoms with Crippen LogP contribution in [-0.4, -0.2) is 55.3 Å². The second kappa shape index (κ2) is 8.06. The van der Waals surface area contributed by atoms with Crippen LogP contribution in [0.5, 0.6) is 5.75 Å². The second-order valence-electron chi connectivity index (χ2n) is 7.01. The normalized spacial score (nSPS) is 23.8. The lowest BCUT2D eigenvalue weighted by molar-refractivity contribution is -0.00461. The topological polar surface area (TPSA) is 48.0 Å². The Morgan fingerprint density at radius 3 is 2.48 bits per heavy atom. The van der Waals surface area contributed by atoms with E-state index < -0.39 is 0 Å². The zero-order chi connectivity index (χ0) is 18.8. The molecule has 2 aromatic rings. The maximum Gasteiger partial charge on any atom is 0.169 e. The third kappa shape index (κ3) is 4.55. The standard InChI is InChI=1S/C20H22FNO4S/c1-13(23)20-6-14(12-27-20)7-22-8-18-19(9-22)25-11-17(10-24-18)26-16-4-2-15(21)3-5-16/h2-6,12,17-19H,7-11H2,1H3/t18-,19-/m0/s1. The Morgan fingerprint density at radius 2 is 1.89 bits per heavy atom. The number of fused-ring (bicyclic) bond motifs is 1. The van der Waals surface area contributed by atoms with Crippen LogP contribution in [0.25, 0.3) is 0 Å². The van der Waals surface area contributed by atoms with Crippen molar-refractivity contribution in [1.29, 1.82) is 0 Å². The first-order valence-corrected chi connectivity index (χ1v) is 9.91. The van der Waals surface area contributed by atoms with Gasteiger partial charge in [-0.15, -0.1) is 11.3 Å². The smallest absolute Gasteiger partial charge is 0.169 e. The van der Waals surface area contributed by atoms with Gasteiger partial charge in [-0.05, 0) is 48.2 Å². The van der Waals surface area contributed by atoms with E-state index in [0.717, 1.165) is 30.1 Å². The van der Waals surface area contributed by atoms with Crippen molar-refractivity contribution < 1.29 is 23.4 Å². The Kier molecular flexibility index (Phi) is 5.54. The Labute approximate surface area is 161 Å². The summed E-state index contributed by atoms with van der Waals surface area (Å²) >= 11 is 1.49. The predicted octanol–water partition coefficient (Wildman–Crippen LogP) is 3.14. The third-order valence-corrected chi connectivity index (χ3v) is 5.89. The van der Waals surface area contributed by atoms with Crippen molar-refractivity contribution in [3.05, 3.63) is 52.0 Å². The first-order valence-electron chi connectivity index (χ1n) is 9.03. The summed E-state index contributed by atoms with van der Waals surface area (Å²) in [5, 5.41) is 2.04. The van der Waals surface area contributed by atoms with Crippen molar-refractivity contribution in [3.63, 3.8) is 0 Å². The number of hydrogen-bond donors (Lipinski definition) is 0. The van der Waals surface area contributed by atoms with Crippen molar-refractivity contribution in [2.75, 3.05) is 26.3 Å². The van der Waals surface area contributed by atoms with Crippen LogP contribution < -0.4 is 4.74 Å². The van der Waals surface area contributed by atoms with Crippen molar-refractivity contribution in [2.45, 2.75) is 31.8 Å². The number of carbonyl (C=O) groups is 1. The number of halogens is 1. The van der Waals surface area contributed by atoms with Gasteiger partial charge >= 0.3 is 0 Å². The summed E-state index contributed by atoms with van der Waals surface area (Å²) < 4.78 is 30.9. The Bertz CT molecular complexity index is 778. The van der Waals surface area contributed by atoms with Gasteiger partial charge in [0.05, 0.1) is 30.3 Å². The van der Waals surface area contributed by atoms with Crippen molar-refractivity contribution >= 4 is 17.1 Å². The molecule has 2 saturated heterocycles. The molecular formula is C20H22FNO4S. The fraction of sp³-hybridized carbons (Fsp3) is 0.450. The molecule has 0 radical (unpaired) electrons. The van der Waals surface area contributed by atoms with E-state index in [1.807, 2.05) is 11.4 Å². The van der Waals surface area contributed by atoms with Crippen LogP contribution in [0.1, 0.15) is 22.2 Å². The van der Waals surface area contributed by atoms with Gasteiger partial charge in [0.25, 0.3) is 0 Å². The lowest BCUT2D eigenvalue weighted by Crippen LogP contribution is -2.29. The van der Waals surface area contributed by atoms with Crippen LogP contribution in [0, 0.1) is 5.82 Å². The lowest BCUT2D eigenvalue weighted by Gasteiger charge is -2.19. The van der Waals surface area contributed by atoms with Crippen LogP contribution in [0.4, 0.5) is 4.39 Å².